The molecule has 0 aliphatic rings. The first-order chi connectivity index (χ1) is 8.26. The number of benzene rings is 1. The zero-order valence-electron chi connectivity index (χ0n) is 9.94. The molecule has 0 fully saturated rings. The van der Waals surface area contributed by atoms with Crippen molar-refractivity contribution < 1.29 is 4.74 Å². The van der Waals surface area contributed by atoms with E-state index >= 15 is 0 Å². The monoisotopic (exact) mass is 248 g/mol. The lowest BCUT2D eigenvalue weighted by Gasteiger charge is -2.16. The number of rotatable bonds is 4. The van der Waals surface area contributed by atoms with E-state index in [1.54, 1.807) is 18.4 Å². The molecule has 0 spiro atoms. The van der Waals surface area contributed by atoms with E-state index in [0.29, 0.717) is 0 Å². The summed E-state index contributed by atoms with van der Waals surface area (Å²) in [4.78, 5) is 0. The van der Waals surface area contributed by atoms with Crippen LogP contribution in [0.2, 0.25) is 0 Å². The number of nitrogens with two attached hydrogens (primary N) is 1. The fourth-order valence-corrected chi connectivity index (χ4v) is 2.53. The van der Waals surface area contributed by atoms with Crippen LogP contribution in [-0.2, 0) is 0 Å². The van der Waals surface area contributed by atoms with E-state index in [2.05, 4.69) is 22.9 Å². The summed E-state index contributed by atoms with van der Waals surface area (Å²) in [6, 6.07) is 8.22. The molecular formula is C13H16N2OS. The second-order valence-corrected chi connectivity index (χ2v) is 4.67. The molecule has 4 heteroatoms. The number of hydrazine groups is 1. The van der Waals surface area contributed by atoms with Gasteiger partial charge in [0.2, 0.25) is 0 Å². The van der Waals surface area contributed by atoms with Crippen LogP contribution in [0.3, 0.4) is 0 Å². The minimum atomic E-state index is 0.00995. The standard InChI is InChI=1S/C13H16N2OS/c1-9-3-4-10(7-12(9)16-2)13(15-14)11-5-6-17-8-11/h3-8,13,15H,14H2,1-2H3. The molecule has 0 aliphatic heterocycles. The highest BCUT2D eigenvalue weighted by atomic mass is 32.1. The van der Waals surface area contributed by atoms with Crippen LogP contribution in [0.5, 0.6) is 5.75 Å². The number of thiophene rings is 1. The minimum absolute atomic E-state index is 0.00995. The zero-order chi connectivity index (χ0) is 12.3. The van der Waals surface area contributed by atoms with Crippen LogP contribution in [0, 0.1) is 6.92 Å². The molecule has 0 saturated carbocycles. The van der Waals surface area contributed by atoms with E-state index in [-0.39, 0.29) is 6.04 Å². The van der Waals surface area contributed by atoms with Crippen molar-refractivity contribution in [2.45, 2.75) is 13.0 Å². The maximum atomic E-state index is 5.64. The predicted molar refractivity (Wildman–Crippen MR) is 71.2 cm³/mol. The summed E-state index contributed by atoms with van der Waals surface area (Å²) in [5.41, 5.74) is 6.24. The summed E-state index contributed by atoms with van der Waals surface area (Å²) in [5.74, 6) is 6.53. The van der Waals surface area contributed by atoms with E-state index in [0.717, 1.165) is 16.9 Å². The number of hydrogen-bond acceptors (Lipinski definition) is 4. The largest absolute Gasteiger partial charge is 0.496 e. The van der Waals surface area contributed by atoms with Crippen molar-refractivity contribution in [3.63, 3.8) is 0 Å². The third kappa shape index (κ3) is 2.49. The summed E-state index contributed by atoms with van der Waals surface area (Å²) in [6.45, 7) is 2.03. The van der Waals surface area contributed by atoms with Gasteiger partial charge in [0, 0.05) is 0 Å². The van der Waals surface area contributed by atoms with Gasteiger partial charge in [0.15, 0.2) is 0 Å². The van der Waals surface area contributed by atoms with E-state index in [1.807, 2.05) is 24.4 Å². The van der Waals surface area contributed by atoms with E-state index in [1.165, 1.54) is 5.56 Å². The Labute approximate surface area is 105 Å². The Hall–Kier alpha value is -1.36. The van der Waals surface area contributed by atoms with Crippen molar-refractivity contribution in [3.8, 4) is 5.75 Å². The SMILES string of the molecule is COc1cc(C(NN)c2ccsc2)ccc1C. The number of hydrogen-bond donors (Lipinski definition) is 2. The maximum Gasteiger partial charge on any atom is 0.122 e. The smallest absolute Gasteiger partial charge is 0.122 e. The number of nitrogens with one attached hydrogen (secondary N) is 1. The second-order valence-electron chi connectivity index (χ2n) is 3.89. The van der Waals surface area contributed by atoms with Crippen molar-refractivity contribution in [1.82, 2.24) is 5.43 Å². The molecule has 1 aromatic carbocycles. The average molecular weight is 248 g/mol. The van der Waals surface area contributed by atoms with Crippen LogP contribution < -0.4 is 16.0 Å². The minimum Gasteiger partial charge on any atom is -0.496 e. The Morgan fingerprint density at radius 3 is 2.71 bits per heavy atom. The first kappa shape index (κ1) is 12.1. The van der Waals surface area contributed by atoms with Crippen LogP contribution >= 0.6 is 11.3 Å². The molecule has 0 saturated heterocycles. The third-order valence-corrected chi connectivity index (χ3v) is 3.51. The molecule has 0 radical (unpaired) electrons. The number of methoxy groups -OCH3 is 1. The highest BCUT2D eigenvalue weighted by Crippen LogP contribution is 2.27. The van der Waals surface area contributed by atoms with Gasteiger partial charge in [0.05, 0.1) is 13.2 Å². The van der Waals surface area contributed by atoms with Crippen molar-refractivity contribution in [2.24, 2.45) is 5.84 Å². The van der Waals surface area contributed by atoms with Crippen LogP contribution in [0.1, 0.15) is 22.7 Å². The van der Waals surface area contributed by atoms with Gasteiger partial charge >= 0.3 is 0 Å². The zero-order valence-corrected chi connectivity index (χ0v) is 10.8. The first-order valence-corrected chi connectivity index (χ1v) is 6.33. The summed E-state index contributed by atoms with van der Waals surface area (Å²) >= 11 is 1.66. The summed E-state index contributed by atoms with van der Waals surface area (Å²) in [6.07, 6.45) is 0. The molecule has 3 nitrogen and oxygen atoms in total. The molecular weight excluding hydrogens is 232 g/mol. The van der Waals surface area contributed by atoms with Crippen LogP contribution in [0.15, 0.2) is 35.0 Å². The Morgan fingerprint density at radius 1 is 1.29 bits per heavy atom. The molecule has 2 rings (SSSR count). The summed E-state index contributed by atoms with van der Waals surface area (Å²) < 4.78 is 5.33. The van der Waals surface area contributed by atoms with Crippen molar-refractivity contribution >= 4 is 11.3 Å². The highest BCUT2D eigenvalue weighted by Gasteiger charge is 2.14. The lowest BCUT2D eigenvalue weighted by atomic mass is 10.0. The van der Waals surface area contributed by atoms with Gasteiger partial charge in [0.1, 0.15) is 5.75 Å². The van der Waals surface area contributed by atoms with E-state index < -0.39 is 0 Å². The van der Waals surface area contributed by atoms with Gasteiger partial charge in [0.25, 0.3) is 0 Å². The number of aryl methyl sites for hydroxylation is 1. The fourth-order valence-electron chi connectivity index (χ4n) is 1.84. The molecule has 0 amide bonds. The Bertz CT molecular complexity index is 482. The topological polar surface area (TPSA) is 47.3 Å². The quantitative estimate of drug-likeness (QED) is 0.646. The van der Waals surface area contributed by atoms with Crippen LogP contribution in [0.4, 0.5) is 0 Å². The summed E-state index contributed by atoms with van der Waals surface area (Å²) in [5, 5.41) is 4.14. The van der Waals surface area contributed by atoms with Gasteiger partial charge in [-0.1, -0.05) is 12.1 Å². The first-order valence-electron chi connectivity index (χ1n) is 5.39. The second kappa shape index (κ2) is 5.31. The van der Waals surface area contributed by atoms with Gasteiger partial charge in [-0.3, -0.25) is 5.84 Å². The maximum absolute atomic E-state index is 5.64. The Balaban J connectivity index is 2.38. The highest BCUT2D eigenvalue weighted by molar-refractivity contribution is 7.08. The molecule has 1 aromatic heterocycles. The van der Waals surface area contributed by atoms with Crippen molar-refractivity contribution in [3.05, 3.63) is 51.7 Å². The average Bonchev–Trinajstić information content (AvgIpc) is 2.86. The predicted octanol–water partition coefficient (Wildman–Crippen LogP) is 2.62. The third-order valence-electron chi connectivity index (χ3n) is 2.81. The molecule has 1 atom stereocenters. The van der Waals surface area contributed by atoms with Gasteiger partial charge in [-0.2, -0.15) is 11.3 Å². The molecule has 0 bridgehead atoms. The summed E-state index contributed by atoms with van der Waals surface area (Å²) in [7, 11) is 1.68. The molecule has 0 aliphatic carbocycles. The van der Waals surface area contributed by atoms with Gasteiger partial charge in [-0.15, -0.1) is 0 Å². The molecule has 2 aromatic rings. The van der Waals surface area contributed by atoms with Gasteiger partial charge < -0.3 is 4.74 Å². The molecule has 90 valence electrons. The Morgan fingerprint density at radius 2 is 2.12 bits per heavy atom. The normalized spacial score (nSPS) is 12.4. The molecule has 1 heterocycles. The molecule has 17 heavy (non-hydrogen) atoms. The fraction of sp³-hybridized carbons (Fsp3) is 0.231. The van der Waals surface area contributed by atoms with Gasteiger partial charge in [-0.25, -0.2) is 5.43 Å². The van der Waals surface area contributed by atoms with Crippen molar-refractivity contribution in [1.29, 1.82) is 0 Å². The van der Waals surface area contributed by atoms with Gasteiger partial charge in [-0.05, 0) is 46.5 Å². The van der Waals surface area contributed by atoms with Crippen LogP contribution in [-0.4, -0.2) is 7.11 Å². The van der Waals surface area contributed by atoms with Crippen LogP contribution in [0.25, 0.3) is 0 Å². The van der Waals surface area contributed by atoms with E-state index in [9.17, 15) is 0 Å². The Kier molecular flexibility index (Phi) is 3.78. The molecule has 3 N–H and O–H groups in total. The molecule has 1 unspecified atom stereocenters. The lowest BCUT2D eigenvalue weighted by Crippen LogP contribution is -2.28. The lowest BCUT2D eigenvalue weighted by molar-refractivity contribution is 0.410. The van der Waals surface area contributed by atoms with E-state index in [4.69, 9.17) is 10.6 Å². The number of ether oxygens (including phenoxy) is 1. The van der Waals surface area contributed by atoms with Crippen molar-refractivity contribution in [2.75, 3.05) is 7.11 Å².